The summed E-state index contributed by atoms with van der Waals surface area (Å²) in [7, 11) is 0. The van der Waals surface area contributed by atoms with Gasteiger partial charge in [0.15, 0.2) is 0 Å². The summed E-state index contributed by atoms with van der Waals surface area (Å²) in [6.45, 7) is 6.37. The zero-order valence-electron chi connectivity index (χ0n) is 15.4. The Morgan fingerprint density at radius 1 is 1.20 bits per heavy atom. The molecule has 0 spiro atoms. The maximum Gasteiger partial charge on any atom is 0.119 e. The van der Waals surface area contributed by atoms with Crippen LogP contribution in [0.1, 0.15) is 43.9 Å². The van der Waals surface area contributed by atoms with Crippen molar-refractivity contribution in [2.75, 3.05) is 6.54 Å². The van der Waals surface area contributed by atoms with Crippen molar-refractivity contribution < 1.29 is 4.74 Å². The molecule has 0 radical (unpaired) electrons. The summed E-state index contributed by atoms with van der Waals surface area (Å²) in [5.41, 5.74) is 2.37. The molecule has 0 amide bonds. The Kier molecular flexibility index (Phi) is 6.46. The summed E-state index contributed by atoms with van der Waals surface area (Å²) in [6.07, 6.45) is 7.15. The van der Waals surface area contributed by atoms with Gasteiger partial charge < -0.3 is 10.1 Å². The molecule has 0 aliphatic heterocycles. The van der Waals surface area contributed by atoms with Crippen molar-refractivity contribution in [1.82, 2.24) is 10.3 Å². The summed E-state index contributed by atoms with van der Waals surface area (Å²) in [5.74, 6) is 2.42. The quantitative estimate of drug-likeness (QED) is 0.791. The zero-order valence-corrected chi connectivity index (χ0v) is 15.4. The van der Waals surface area contributed by atoms with E-state index in [0.717, 1.165) is 30.5 Å². The zero-order chi connectivity index (χ0) is 17.5. The van der Waals surface area contributed by atoms with E-state index in [9.17, 15) is 0 Å². The van der Waals surface area contributed by atoms with E-state index < -0.39 is 0 Å². The molecule has 2 unspecified atom stereocenters. The lowest BCUT2D eigenvalue weighted by atomic mass is 9.79. The smallest absolute Gasteiger partial charge is 0.119 e. The second-order valence-electron chi connectivity index (χ2n) is 7.41. The predicted molar refractivity (Wildman–Crippen MR) is 103 cm³/mol. The Morgan fingerprint density at radius 2 is 2.12 bits per heavy atom. The van der Waals surface area contributed by atoms with Crippen LogP contribution in [-0.4, -0.2) is 17.6 Å². The van der Waals surface area contributed by atoms with Crippen LogP contribution in [0.3, 0.4) is 0 Å². The van der Waals surface area contributed by atoms with E-state index in [1.807, 2.05) is 18.3 Å². The van der Waals surface area contributed by atoms with Crippen molar-refractivity contribution in [3.8, 4) is 5.75 Å². The van der Waals surface area contributed by atoms with Crippen LogP contribution in [0.2, 0.25) is 0 Å². The van der Waals surface area contributed by atoms with Gasteiger partial charge >= 0.3 is 0 Å². The predicted octanol–water partition coefficient (Wildman–Crippen LogP) is 4.75. The van der Waals surface area contributed by atoms with Gasteiger partial charge in [-0.05, 0) is 80.8 Å². The van der Waals surface area contributed by atoms with Crippen molar-refractivity contribution in [2.24, 2.45) is 11.8 Å². The molecule has 1 aromatic carbocycles. The fourth-order valence-electron chi connectivity index (χ4n) is 3.78. The average molecular weight is 338 g/mol. The average Bonchev–Trinajstić information content (AvgIpc) is 2.63. The van der Waals surface area contributed by atoms with Crippen LogP contribution in [0.15, 0.2) is 48.7 Å². The van der Waals surface area contributed by atoms with Crippen LogP contribution in [-0.2, 0) is 6.54 Å². The summed E-state index contributed by atoms with van der Waals surface area (Å²) in [4.78, 5) is 4.37. The Bertz CT molecular complexity index is 643. The minimum atomic E-state index is 0.360. The van der Waals surface area contributed by atoms with Gasteiger partial charge in [-0.1, -0.05) is 25.1 Å². The summed E-state index contributed by atoms with van der Waals surface area (Å²) < 4.78 is 6.26. The van der Waals surface area contributed by atoms with E-state index in [2.05, 4.69) is 54.5 Å². The van der Waals surface area contributed by atoms with Crippen molar-refractivity contribution in [3.05, 3.63) is 59.9 Å². The lowest BCUT2D eigenvalue weighted by Gasteiger charge is -2.33. The maximum absolute atomic E-state index is 6.26. The summed E-state index contributed by atoms with van der Waals surface area (Å²) >= 11 is 0. The van der Waals surface area contributed by atoms with Gasteiger partial charge in [-0.3, -0.25) is 4.98 Å². The first-order valence-corrected chi connectivity index (χ1v) is 9.54. The number of nitrogens with one attached hydrogen (secondary N) is 1. The third kappa shape index (κ3) is 5.57. The first kappa shape index (κ1) is 17.9. The van der Waals surface area contributed by atoms with E-state index in [0.29, 0.717) is 12.0 Å². The van der Waals surface area contributed by atoms with Crippen molar-refractivity contribution in [1.29, 1.82) is 0 Å². The Morgan fingerprint density at radius 3 is 2.92 bits per heavy atom. The third-order valence-corrected chi connectivity index (χ3v) is 5.26. The van der Waals surface area contributed by atoms with E-state index in [1.165, 1.54) is 31.2 Å². The van der Waals surface area contributed by atoms with Crippen LogP contribution >= 0.6 is 0 Å². The van der Waals surface area contributed by atoms with Crippen molar-refractivity contribution in [3.63, 3.8) is 0 Å². The van der Waals surface area contributed by atoms with Crippen LogP contribution < -0.4 is 10.1 Å². The van der Waals surface area contributed by atoms with Crippen LogP contribution in [0.4, 0.5) is 0 Å². The molecule has 25 heavy (non-hydrogen) atoms. The molecule has 3 rings (SSSR count). The molecule has 2 aromatic rings. The van der Waals surface area contributed by atoms with E-state index >= 15 is 0 Å². The standard InChI is InChI=1S/C22H30N2O/c1-17-7-5-10-21(13-17)25-22-11-6-8-19(14-22)18(2)15-23-16-20-9-3-4-12-24-20/h3-5,7,9-10,12-13,18-19,22-23H,6,8,11,14-16H2,1-2H3/t18?,19?,22-/m1/s1. The fraction of sp³-hybridized carbons (Fsp3) is 0.500. The van der Waals surface area contributed by atoms with Crippen LogP contribution in [0, 0.1) is 18.8 Å². The van der Waals surface area contributed by atoms with E-state index in [1.54, 1.807) is 0 Å². The topological polar surface area (TPSA) is 34.1 Å². The highest BCUT2D eigenvalue weighted by Crippen LogP contribution is 2.32. The van der Waals surface area contributed by atoms with Crippen LogP contribution in [0.5, 0.6) is 5.75 Å². The molecule has 3 atom stereocenters. The van der Waals surface area contributed by atoms with E-state index in [4.69, 9.17) is 4.74 Å². The normalized spacial score (nSPS) is 21.7. The van der Waals surface area contributed by atoms with Gasteiger partial charge in [0, 0.05) is 12.7 Å². The monoisotopic (exact) mass is 338 g/mol. The Balaban J connectivity index is 1.45. The molecule has 1 fully saturated rings. The highest BCUT2D eigenvalue weighted by molar-refractivity contribution is 5.27. The first-order chi connectivity index (χ1) is 12.2. The number of benzene rings is 1. The Hall–Kier alpha value is -1.87. The highest BCUT2D eigenvalue weighted by atomic mass is 16.5. The number of aromatic nitrogens is 1. The summed E-state index contributed by atoms with van der Waals surface area (Å²) in [6, 6.07) is 14.5. The van der Waals surface area contributed by atoms with Gasteiger partial charge in [0.05, 0.1) is 11.8 Å². The number of aryl methyl sites for hydroxylation is 1. The second kappa shape index (κ2) is 9.00. The Labute approximate surface area is 151 Å². The van der Waals surface area contributed by atoms with Gasteiger partial charge in [0.2, 0.25) is 0 Å². The highest BCUT2D eigenvalue weighted by Gasteiger charge is 2.27. The minimum Gasteiger partial charge on any atom is -0.490 e. The number of hydrogen-bond donors (Lipinski definition) is 1. The van der Waals surface area contributed by atoms with Gasteiger partial charge in [-0.15, -0.1) is 0 Å². The van der Waals surface area contributed by atoms with Gasteiger partial charge in [0.1, 0.15) is 5.75 Å². The molecular weight excluding hydrogens is 308 g/mol. The van der Waals surface area contributed by atoms with Crippen molar-refractivity contribution >= 4 is 0 Å². The maximum atomic E-state index is 6.26. The number of ether oxygens (including phenoxy) is 1. The molecule has 1 aliphatic rings. The lowest BCUT2D eigenvalue weighted by molar-refractivity contribution is 0.102. The van der Waals surface area contributed by atoms with Crippen LogP contribution in [0.25, 0.3) is 0 Å². The van der Waals surface area contributed by atoms with Crippen molar-refractivity contribution in [2.45, 2.75) is 52.2 Å². The molecule has 1 aromatic heterocycles. The molecule has 1 aliphatic carbocycles. The number of pyridine rings is 1. The van der Waals surface area contributed by atoms with Gasteiger partial charge in [-0.2, -0.15) is 0 Å². The largest absolute Gasteiger partial charge is 0.490 e. The molecule has 3 heteroatoms. The minimum absolute atomic E-state index is 0.360. The molecule has 0 saturated heterocycles. The molecule has 3 nitrogen and oxygen atoms in total. The summed E-state index contributed by atoms with van der Waals surface area (Å²) in [5, 5.41) is 3.57. The van der Waals surface area contributed by atoms with E-state index in [-0.39, 0.29) is 0 Å². The number of hydrogen-bond acceptors (Lipinski definition) is 3. The number of rotatable bonds is 7. The molecule has 0 bridgehead atoms. The SMILES string of the molecule is Cc1cccc(O[C@@H]2CCCC(C(C)CNCc3ccccn3)C2)c1. The number of nitrogens with zero attached hydrogens (tertiary/aromatic N) is 1. The molecule has 1 heterocycles. The van der Waals surface area contributed by atoms with Gasteiger partial charge in [-0.25, -0.2) is 0 Å². The van der Waals surface area contributed by atoms with Gasteiger partial charge in [0.25, 0.3) is 0 Å². The molecule has 1 N–H and O–H groups in total. The second-order valence-corrected chi connectivity index (χ2v) is 7.41. The fourth-order valence-corrected chi connectivity index (χ4v) is 3.78. The molecular formula is C22H30N2O. The third-order valence-electron chi connectivity index (χ3n) is 5.26. The molecule has 134 valence electrons. The lowest BCUT2D eigenvalue weighted by Crippen LogP contribution is -2.33. The first-order valence-electron chi connectivity index (χ1n) is 9.54. The molecule has 1 saturated carbocycles.